The van der Waals surface area contributed by atoms with E-state index in [1.54, 1.807) is 38.4 Å². The second-order valence-corrected chi connectivity index (χ2v) is 6.89. The Hall–Kier alpha value is -3.29. The third-order valence-corrected chi connectivity index (χ3v) is 4.95. The van der Waals surface area contributed by atoms with Crippen molar-refractivity contribution in [3.05, 3.63) is 53.3 Å². The lowest BCUT2D eigenvalue weighted by Gasteiger charge is -2.30. The standard InChI is InChI=1S/C21H26N4O4/c1-14(20(26)23-12-15-4-7-22-8-5-15)24-21(27)25-9-6-16-10-18(28-2)19(29-3)11-17(16)13-25/h4-5,7-8,10-11,14H,6,9,12-13H2,1-3H3,(H,23,26)(H,24,27). The Labute approximate surface area is 170 Å². The molecule has 8 nitrogen and oxygen atoms in total. The first-order valence-corrected chi connectivity index (χ1v) is 9.47. The normalized spacial score (nSPS) is 13.8. The van der Waals surface area contributed by atoms with Gasteiger partial charge in [0, 0.05) is 32.0 Å². The van der Waals surface area contributed by atoms with Crippen molar-refractivity contribution in [2.24, 2.45) is 0 Å². The quantitative estimate of drug-likeness (QED) is 0.775. The maximum absolute atomic E-state index is 12.6. The fraction of sp³-hybridized carbons (Fsp3) is 0.381. The van der Waals surface area contributed by atoms with Crippen LogP contribution >= 0.6 is 0 Å². The summed E-state index contributed by atoms with van der Waals surface area (Å²) in [5.41, 5.74) is 3.09. The molecule has 154 valence electrons. The largest absolute Gasteiger partial charge is 0.493 e. The number of aromatic nitrogens is 1. The molecule has 3 rings (SSSR count). The van der Waals surface area contributed by atoms with Crippen molar-refractivity contribution >= 4 is 11.9 Å². The van der Waals surface area contributed by atoms with Gasteiger partial charge in [0.25, 0.3) is 0 Å². The van der Waals surface area contributed by atoms with E-state index in [1.807, 2.05) is 24.3 Å². The molecule has 3 amide bonds. The zero-order chi connectivity index (χ0) is 20.8. The lowest BCUT2D eigenvalue weighted by Crippen LogP contribution is -2.50. The second kappa shape index (κ2) is 9.27. The van der Waals surface area contributed by atoms with Gasteiger partial charge < -0.3 is 25.0 Å². The molecular weight excluding hydrogens is 372 g/mol. The van der Waals surface area contributed by atoms with E-state index in [-0.39, 0.29) is 11.9 Å². The van der Waals surface area contributed by atoms with E-state index in [0.717, 1.165) is 16.7 Å². The summed E-state index contributed by atoms with van der Waals surface area (Å²) in [5.74, 6) is 1.08. The molecule has 2 N–H and O–H groups in total. The highest BCUT2D eigenvalue weighted by atomic mass is 16.5. The summed E-state index contributed by atoms with van der Waals surface area (Å²) in [7, 11) is 3.19. The van der Waals surface area contributed by atoms with Gasteiger partial charge in [-0.15, -0.1) is 0 Å². The topological polar surface area (TPSA) is 92.8 Å². The highest BCUT2D eigenvalue weighted by Crippen LogP contribution is 2.33. The molecule has 1 aromatic heterocycles. The molecule has 0 radical (unpaired) electrons. The minimum Gasteiger partial charge on any atom is -0.493 e. The van der Waals surface area contributed by atoms with Gasteiger partial charge >= 0.3 is 6.03 Å². The minimum atomic E-state index is -0.642. The molecule has 2 heterocycles. The van der Waals surface area contributed by atoms with E-state index in [1.165, 1.54) is 0 Å². The number of carbonyl (C=O) groups is 2. The Kier molecular flexibility index (Phi) is 6.54. The summed E-state index contributed by atoms with van der Waals surface area (Å²) in [5, 5.41) is 5.59. The Morgan fingerprint density at radius 3 is 2.45 bits per heavy atom. The van der Waals surface area contributed by atoms with Gasteiger partial charge in [-0.1, -0.05) is 0 Å². The number of pyridine rings is 1. The number of nitrogens with zero attached hydrogens (tertiary/aromatic N) is 2. The molecule has 0 spiro atoms. The summed E-state index contributed by atoms with van der Waals surface area (Å²) >= 11 is 0. The number of urea groups is 1. The molecule has 8 heteroatoms. The Morgan fingerprint density at radius 2 is 1.79 bits per heavy atom. The van der Waals surface area contributed by atoms with Gasteiger partial charge in [-0.3, -0.25) is 9.78 Å². The maximum atomic E-state index is 12.6. The Morgan fingerprint density at radius 1 is 1.14 bits per heavy atom. The summed E-state index contributed by atoms with van der Waals surface area (Å²) < 4.78 is 10.7. The molecule has 1 aromatic carbocycles. The lowest BCUT2D eigenvalue weighted by atomic mass is 9.99. The van der Waals surface area contributed by atoms with Crippen LogP contribution in [0.3, 0.4) is 0 Å². The first-order chi connectivity index (χ1) is 14.0. The van der Waals surface area contributed by atoms with Crippen LogP contribution in [0.4, 0.5) is 4.79 Å². The van der Waals surface area contributed by atoms with Gasteiger partial charge in [-0.2, -0.15) is 0 Å². The third-order valence-electron chi connectivity index (χ3n) is 4.95. The van der Waals surface area contributed by atoms with Crippen LogP contribution < -0.4 is 20.1 Å². The van der Waals surface area contributed by atoms with Crippen molar-refractivity contribution in [2.75, 3.05) is 20.8 Å². The van der Waals surface area contributed by atoms with Crippen LogP contribution in [0, 0.1) is 0 Å². The van der Waals surface area contributed by atoms with Gasteiger partial charge in [-0.25, -0.2) is 4.79 Å². The number of fused-ring (bicyclic) bond motifs is 1. The van der Waals surface area contributed by atoms with E-state index >= 15 is 0 Å². The fourth-order valence-corrected chi connectivity index (χ4v) is 3.24. The molecule has 1 atom stereocenters. The van der Waals surface area contributed by atoms with Crippen molar-refractivity contribution in [3.8, 4) is 11.5 Å². The van der Waals surface area contributed by atoms with E-state index in [0.29, 0.717) is 37.6 Å². The predicted molar refractivity (Wildman–Crippen MR) is 108 cm³/mol. The van der Waals surface area contributed by atoms with Gasteiger partial charge in [0.1, 0.15) is 6.04 Å². The average Bonchev–Trinajstić information content (AvgIpc) is 2.76. The van der Waals surface area contributed by atoms with Gasteiger partial charge in [-0.05, 0) is 54.3 Å². The average molecular weight is 398 g/mol. The second-order valence-electron chi connectivity index (χ2n) is 6.89. The number of methoxy groups -OCH3 is 2. The Balaban J connectivity index is 1.56. The molecule has 1 unspecified atom stereocenters. The first kappa shape index (κ1) is 20.4. The number of amides is 3. The van der Waals surface area contributed by atoms with Crippen molar-refractivity contribution in [1.82, 2.24) is 20.5 Å². The molecule has 0 fully saturated rings. The van der Waals surface area contributed by atoms with E-state index in [2.05, 4.69) is 15.6 Å². The molecular formula is C21H26N4O4. The summed E-state index contributed by atoms with van der Waals surface area (Å²) in [6.07, 6.45) is 4.06. The molecule has 0 aliphatic carbocycles. The molecule has 29 heavy (non-hydrogen) atoms. The van der Waals surface area contributed by atoms with E-state index in [4.69, 9.17) is 9.47 Å². The number of ether oxygens (including phenoxy) is 2. The monoisotopic (exact) mass is 398 g/mol. The zero-order valence-electron chi connectivity index (χ0n) is 16.9. The molecule has 2 aromatic rings. The SMILES string of the molecule is COc1cc2c(cc1OC)CN(C(=O)NC(C)C(=O)NCc1ccncc1)CC2. The molecule has 1 aliphatic rings. The lowest BCUT2D eigenvalue weighted by molar-refractivity contribution is -0.122. The third kappa shape index (κ3) is 4.96. The van der Waals surface area contributed by atoms with Gasteiger partial charge in [0.05, 0.1) is 14.2 Å². The van der Waals surface area contributed by atoms with Crippen molar-refractivity contribution in [2.45, 2.75) is 32.5 Å². The van der Waals surface area contributed by atoms with E-state index in [9.17, 15) is 9.59 Å². The highest BCUT2D eigenvalue weighted by Gasteiger charge is 2.25. The van der Waals surface area contributed by atoms with Crippen molar-refractivity contribution in [3.63, 3.8) is 0 Å². The zero-order valence-corrected chi connectivity index (χ0v) is 16.9. The Bertz CT molecular complexity index is 872. The number of hydrogen-bond acceptors (Lipinski definition) is 5. The van der Waals surface area contributed by atoms with Crippen molar-refractivity contribution < 1.29 is 19.1 Å². The van der Waals surface area contributed by atoms with Crippen LogP contribution in [0.1, 0.15) is 23.6 Å². The summed E-state index contributed by atoms with van der Waals surface area (Å²) in [6, 6.07) is 6.61. The summed E-state index contributed by atoms with van der Waals surface area (Å²) in [4.78, 5) is 30.6. The van der Waals surface area contributed by atoms with Crippen LogP contribution in [-0.2, 0) is 24.3 Å². The first-order valence-electron chi connectivity index (χ1n) is 9.47. The number of rotatable bonds is 6. The molecule has 1 aliphatic heterocycles. The highest BCUT2D eigenvalue weighted by molar-refractivity contribution is 5.86. The molecule has 0 saturated heterocycles. The number of carbonyl (C=O) groups excluding carboxylic acids is 2. The number of hydrogen-bond donors (Lipinski definition) is 2. The predicted octanol–water partition coefficient (Wildman–Crippen LogP) is 1.87. The molecule has 0 saturated carbocycles. The number of benzene rings is 1. The van der Waals surface area contributed by atoms with Crippen molar-refractivity contribution in [1.29, 1.82) is 0 Å². The smallest absolute Gasteiger partial charge is 0.318 e. The van der Waals surface area contributed by atoms with Crippen LogP contribution in [0.25, 0.3) is 0 Å². The van der Waals surface area contributed by atoms with Gasteiger partial charge in [0.2, 0.25) is 5.91 Å². The summed E-state index contributed by atoms with van der Waals surface area (Å²) in [6.45, 7) is 3.08. The van der Waals surface area contributed by atoms with Crippen LogP contribution in [0.15, 0.2) is 36.7 Å². The van der Waals surface area contributed by atoms with E-state index < -0.39 is 6.04 Å². The molecule has 0 bridgehead atoms. The van der Waals surface area contributed by atoms with Crippen LogP contribution in [-0.4, -0.2) is 48.6 Å². The maximum Gasteiger partial charge on any atom is 0.318 e. The minimum absolute atomic E-state index is 0.237. The number of nitrogens with one attached hydrogen (secondary N) is 2. The van der Waals surface area contributed by atoms with Crippen LogP contribution in [0.2, 0.25) is 0 Å². The fourth-order valence-electron chi connectivity index (χ4n) is 3.24. The van der Waals surface area contributed by atoms with Gasteiger partial charge in [0.15, 0.2) is 11.5 Å². The van der Waals surface area contributed by atoms with Crippen LogP contribution in [0.5, 0.6) is 11.5 Å².